The van der Waals surface area contributed by atoms with E-state index in [9.17, 15) is 14.0 Å². The molecule has 158 valence electrons. The third kappa shape index (κ3) is 4.82. The van der Waals surface area contributed by atoms with E-state index < -0.39 is 5.97 Å². The second-order valence-electron chi connectivity index (χ2n) is 7.35. The minimum absolute atomic E-state index is 0.00332. The molecule has 0 radical (unpaired) electrons. The lowest BCUT2D eigenvalue weighted by molar-refractivity contribution is -0.142. The van der Waals surface area contributed by atoms with E-state index in [2.05, 4.69) is 14.7 Å². The van der Waals surface area contributed by atoms with Gasteiger partial charge in [-0.1, -0.05) is 5.16 Å². The molecule has 0 amide bonds. The predicted octanol–water partition coefficient (Wildman–Crippen LogP) is 4.23. The van der Waals surface area contributed by atoms with Crippen molar-refractivity contribution in [3.8, 4) is 11.4 Å². The van der Waals surface area contributed by atoms with Gasteiger partial charge in [0.2, 0.25) is 17.5 Å². The van der Waals surface area contributed by atoms with E-state index in [1.165, 1.54) is 12.1 Å². The van der Waals surface area contributed by atoms with Gasteiger partial charge in [-0.2, -0.15) is 4.98 Å². The molecule has 0 spiro atoms. The van der Waals surface area contributed by atoms with Crippen molar-refractivity contribution >= 4 is 11.8 Å². The third-order valence-electron chi connectivity index (χ3n) is 4.78. The first-order valence-electron chi connectivity index (χ1n) is 9.72. The average Bonchev–Trinajstić information content (AvgIpc) is 3.29. The van der Waals surface area contributed by atoms with Crippen molar-refractivity contribution in [3.63, 3.8) is 0 Å². The summed E-state index contributed by atoms with van der Waals surface area (Å²) in [4.78, 5) is 28.7. The maximum Gasteiger partial charge on any atom is 0.306 e. The summed E-state index contributed by atoms with van der Waals surface area (Å²) in [5, 5.41) is 3.83. The summed E-state index contributed by atoms with van der Waals surface area (Å²) in [6.07, 6.45) is 0.187. The molecule has 0 aliphatic heterocycles. The van der Waals surface area contributed by atoms with Crippen LogP contribution in [-0.2, 0) is 16.0 Å². The Labute approximate surface area is 173 Å². The number of carbonyl (C=O) groups is 2. The Kier molecular flexibility index (Phi) is 6.44. The van der Waals surface area contributed by atoms with Gasteiger partial charge in [0.05, 0.1) is 6.42 Å². The molecule has 30 heavy (non-hydrogen) atoms. The van der Waals surface area contributed by atoms with Crippen molar-refractivity contribution in [1.29, 1.82) is 0 Å². The Balaban J connectivity index is 1.51. The molecule has 0 saturated heterocycles. The standard InChI is InChI=1S/C22H24FN3O4/c1-13(2)26-14(3)11-18(15(26)4)19(27)12-29-21(28)10-9-20-24-22(25-30-20)16-5-7-17(23)8-6-16/h5-8,11,13H,9-10,12H2,1-4H3. The molecule has 0 unspecified atom stereocenters. The van der Waals surface area contributed by atoms with E-state index in [0.717, 1.165) is 11.4 Å². The number of hydrogen-bond acceptors (Lipinski definition) is 6. The summed E-state index contributed by atoms with van der Waals surface area (Å²) in [6.45, 7) is 7.61. The van der Waals surface area contributed by atoms with Crippen LogP contribution in [0.2, 0.25) is 0 Å². The van der Waals surface area contributed by atoms with Crippen LogP contribution in [-0.4, -0.2) is 33.1 Å². The molecule has 0 bridgehead atoms. The number of benzene rings is 1. The lowest BCUT2D eigenvalue weighted by Crippen LogP contribution is -2.15. The average molecular weight is 413 g/mol. The van der Waals surface area contributed by atoms with Crippen molar-refractivity contribution < 1.29 is 23.2 Å². The van der Waals surface area contributed by atoms with Gasteiger partial charge < -0.3 is 13.8 Å². The van der Waals surface area contributed by atoms with E-state index in [0.29, 0.717) is 17.0 Å². The van der Waals surface area contributed by atoms with E-state index in [1.807, 2.05) is 33.8 Å². The van der Waals surface area contributed by atoms with Gasteiger partial charge in [0.25, 0.3) is 0 Å². The fraction of sp³-hybridized carbons (Fsp3) is 0.364. The van der Waals surface area contributed by atoms with Gasteiger partial charge in [-0.25, -0.2) is 4.39 Å². The molecule has 2 aromatic heterocycles. The van der Waals surface area contributed by atoms with Crippen LogP contribution in [0.1, 0.15) is 53.9 Å². The monoisotopic (exact) mass is 413 g/mol. The highest BCUT2D eigenvalue weighted by Gasteiger charge is 2.19. The van der Waals surface area contributed by atoms with Crippen LogP contribution in [0.4, 0.5) is 4.39 Å². The molecule has 2 heterocycles. The molecule has 0 N–H and O–H groups in total. The number of carbonyl (C=O) groups excluding carboxylic acids is 2. The van der Waals surface area contributed by atoms with Crippen molar-refractivity contribution in [2.45, 2.75) is 46.6 Å². The molecule has 0 saturated carbocycles. The minimum Gasteiger partial charge on any atom is -0.457 e. The summed E-state index contributed by atoms with van der Waals surface area (Å²) < 4.78 is 25.3. The molecule has 3 rings (SSSR count). The summed E-state index contributed by atoms with van der Waals surface area (Å²) >= 11 is 0. The van der Waals surface area contributed by atoms with Crippen LogP contribution in [0.15, 0.2) is 34.9 Å². The minimum atomic E-state index is -0.525. The second kappa shape index (κ2) is 9.02. The number of ether oxygens (including phenoxy) is 1. The smallest absolute Gasteiger partial charge is 0.306 e. The zero-order valence-electron chi connectivity index (χ0n) is 17.4. The van der Waals surface area contributed by atoms with E-state index in [-0.39, 0.29) is 43.0 Å². The summed E-state index contributed by atoms with van der Waals surface area (Å²) in [7, 11) is 0. The largest absolute Gasteiger partial charge is 0.457 e. The van der Waals surface area contributed by atoms with Crippen LogP contribution in [0, 0.1) is 19.7 Å². The first-order chi connectivity index (χ1) is 14.3. The molecule has 0 aliphatic carbocycles. The number of rotatable bonds is 8. The van der Waals surface area contributed by atoms with E-state index in [4.69, 9.17) is 9.26 Å². The Bertz CT molecular complexity index is 1050. The topological polar surface area (TPSA) is 87.2 Å². The predicted molar refractivity (Wildman–Crippen MR) is 108 cm³/mol. The quantitative estimate of drug-likeness (QED) is 0.406. The molecule has 7 nitrogen and oxygen atoms in total. The van der Waals surface area contributed by atoms with Gasteiger partial charge in [0.15, 0.2) is 6.61 Å². The highest BCUT2D eigenvalue weighted by atomic mass is 19.1. The normalized spacial score (nSPS) is 11.1. The van der Waals surface area contributed by atoms with Crippen LogP contribution in [0.3, 0.4) is 0 Å². The fourth-order valence-electron chi connectivity index (χ4n) is 3.43. The lowest BCUT2D eigenvalue weighted by Gasteiger charge is -2.13. The van der Waals surface area contributed by atoms with Crippen molar-refractivity contribution in [2.75, 3.05) is 6.61 Å². The third-order valence-corrected chi connectivity index (χ3v) is 4.78. The van der Waals surface area contributed by atoms with Gasteiger partial charge in [0.1, 0.15) is 5.82 Å². The van der Waals surface area contributed by atoms with Gasteiger partial charge in [-0.05, 0) is 58.0 Å². The number of hydrogen-bond donors (Lipinski definition) is 0. The summed E-state index contributed by atoms with van der Waals surface area (Å²) in [6, 6.07) is 7.75. The highest BCUT2D eigenvalue weighted by Crippen LogP contribution is 2.21. The second-order valence-corrected chi connectivity index (χ2v) is 7.35. The van der Waals surface area contributed by atoms with Crippen LogP contribution < -0.4 is 0 Å². The molecule has 0 fully saturated rings. The lowest BCUT2D eigenvalue weighted by atomic mass is 10.1. The Morgan fingerprint density at radius 3 is 2.53 bits per heavy atom. The first kappa shape index (κ1) is 21.4. The van der Waals surface area contributed by atoms with E-state index in [1.54, 1.807) is 12.1 Å². The number of esters is 1. The Morgan fingerprint density at radius 2 is 1.90 bits per heavy atom. The Hall–Kier alpha value is -3.29. The van der Waals surface area contributed by atoms with Gasteiger partial charge in [-0.15, -0.1) is 0 Å². The van der Waals surface area contributed by atoms with Crippen LogP contribution in [0.5, 0.6) is 0 Å². The molecular weight excluding hydrogens is 389 g/mol. The van der Waals surface area contributed by atoms with Crippen molar-refractivity contribution in [3.05, 3.63) is 59.0 Å². The molecule has 0 aliphatic rings. The molecule has 0 atom stereocenters. The van der Waals surface area contributed by atoms with Crippen LogP contribution in [0.25, 0.3) is 11.4 Å². The van der Waals surface area contributed by atoms with Gasteiger partial charge >= 0.3 is 5.97 Å². The number of Topliss-reactive ketones (excluding diaryl/α,β-unsaturated/α-hetero) is 1. The number of aromatic nitrogens is 3. The Morgan fingerprint density at radius 1 is 1.20 bits per heavy atom. The number of nitrogens with zero attached hydrogens (tertiary/aromatic N) is 3. The fourth-order valence-corrected chi connectivity index (χ4v) is 3.43. The SMILES string of the molecule is Cc1cc(C(=O)COC(=O)CCc2nc(-c3ccc(F)cc3)no2)c(C)n1C(C)C. The van der Waals surface area contributed by atoms with Gasteiger partial charge in [0, 0.05) is 35.0 Å². The number of aryl methyl sites for hydroxylation is 2. The molecule has 3 aromatic rings. The summed E-state index contributed by atoms with van der Waals surface area (Å²) in [5.74, 6) is -0.541. The van der Waals surface area contributed by atoms with Gasteiger partial charge in [-0.3, -0.25) is 9.59 Å². The van der Waals surface area contributed by atoms with E-state index >= 15 is 0 Å². The van der Waals surface area contributed by atoms with Crippen molar-refractivity contribution in [1.82, 2.24) is 14.7 Å². The number of ketones is 1. The highest BCUT2D eigenvalue weighted by molar-refractivity contribution is 5.99. The van der Waals surface area contributed by atoms with Crippen molar-refractivity contribution in [2.24, 2.45) is 0 Å². The molecule has 8 heteroatoms. The maximum atomic E-state index is 13.0. The zero-order valence-corrected chi connectivity index (χ0v) is 17.4. The van der Waals surface area contributed by atoms with Crippen LogP contribution >= 0.6 is 0 Å². The molecular formula is C22H24FN3O4. The molecule has 1 aromatic carbocycles. The maximum absolute atomic E-state index is 13.0. The first-order valence-corrected chi connectivity index (χ1v) is 9.72. The zero-order chi connectivity index (χ0) is 21.8. The number of halogens is 1. The summed E-state index contributed by atoms with van der Waals surface area (Å²) in [5.41, 5.74) is 3.03.